The summed E-state index contributed by atoms with van der Waals surface area (Å²) >= 11 is 0. The lowest BCUT2D eigenvalue weighted by Gasteiger charge is -2.32. The van der Waals surface area contributed by atoms with Crippen LogP contribution in [-0.2, 0) is 22.7 Å². The minimum Gasteiger partial charge on any atom is -0.464 e. The lowest BCUT2D eigenvalue weighted by Crippen LogP contribution is -2.47. The number of amides is 2. The molecule has 1 aliphatic carbocycles. The van der Waals surface area contributed by atoms with Gasteiger partial charge in [0.2, 0.25) is 5.91 Å². The Hall–Kier alpha value is -4.01. The molecule has 0 spiro atoms. The van der Waals surface area contributed by atoms with Crippen molar-refractivity contribution in [3.63, 3.8) is 0 Å². The third kappa shape index (κ3) is 5.71. The number of aromatic nitrogens is 3. The van der Waals surface area contributed by atoms with Gasteiger partial charge >= 0.3 is 0 Å². The summed E-state index contributed by atoms with van der Waals surface area (Å²) in [6.07, 6.45) is 5.10. The summed E-state index contributed by atoms with van der Waals surface area (Å²) in [5.41, 5.74) is 2.08. The van der Waals surface area contributed by atoms with Crippen LogP contribution in [0.1, 0.15) is 55.2 Å². The Bertz CT molecular complexity index is 1370. The largest absolute Gasteiger partial charge is 0.464 e. The van der Waals surface area contributed by atoms with Crippen LogP contribution >= 0.6 is 0 Å². The van der Waals surface area contributed by atoms with Crippen molar-refractivity contribution in [2.24, 2.45) is 0 Å². The molecule has 37 heavy (non-hydrogen) atoms. The number of fused-ring (bicyclic) bond motifs is 1. The van der Waals surface area contributed by atoms with E-state index in [1.54, 1.807) is 31.2 Å². The Kier molecular flexibility index (Phi) is 7.30. The van der Waals surface area contributed by atoms with Gasteiger partial charge in [0.1, 0.15) is 29.4 Å². The van der Waals surface area contributed by atoms with Crippen molar-refractivity contribution >= 4 is 22.8 Å². The highest BCUT2D eigenvalue weighted by atomic mass is 19.1. The van der Waals surface area contributed by atoms with E-state index >= 15 is 0 Å². The average Bonchev–Trinajstić information content (AvgIpc) is 3.51. The molecule has 0 radical (unpaired) electrons. The van der Waals surface area contributed by atoms with E-state index in [0.29, 0.717) is 22.6 Å². The minimum absolute atomic E-state index is 0.0573. The highest BCUT2D eigenvalue weighted by Gasteiger charge is 2.35. The normalized spacial score (nSPS) is 15.0. The second-order valence-corrected chi connectivity index (χ2v) is 9.58. The van der Waals surface area contributed by atoms with Crippen molar-refractivity contribution < 1.29 is 18.4 Å². The van der Waals surface area contributed by atoms with Crippen LogP contribution in [0, 0.1) is 12.7 Å². The zero-order chi connectivity index (χ0) is 25.8. The molecule has 1 unspecified atom stereocenters. The van der Waals surface area contributed by atoms with E-state index in [1.807, 2.05) is 24.3 Å². The molecule has 1 N–H and O–H groups in total. The van der Waals surface area contributed by atoms with Gasteiger partial charge in [-0.1, -0.05) is 48.7 Å². The second kappa shape index (κ2) is 10.9. The number of nitrogens with one attached hydrogen (secondary N) is 1. The number of aryl methyl sites for hydroxylation is 1. The SMILES string of the molecule is Cc1ccc(C(C(=O)NC2CCCCC2)N(Cc2ccc(F)cc2)C(=O)Cn2nnc3ccccc32)o1. The summed E-state index contributed by atoms with van der Waals surface area (Å²) < 4.78 is 21.0. The molecule has 1 aliphatic rings. The standard InChI is InChI=1S/C28H30FN5O3/c1-19-11-16-25(37-19)27(28(36)30-22-7-3-2-4-8-22)33(17-20-12-14-21(29)15-13-20)26(35)18-34-24-10-6-5-9-23(24)31-32-34/h5-6,9-16,22,27H,2-4,7-8,17-18H2,1H3,(H,30,36). The van der Waals surface area contributed by atoms with Crippen molar-refractivity contribution in [1.29, 1.82) is 0 Å². The van der Waals surface area contributed by atoms with Gasteiger partial charge in [-0.3, -0.25) is 9.59 Å². The van der Waals surface area contributed by atoms with E-state index in [1.165, 1.54) is 21.7 Å². The molecule has 0 saturated heterocycles. The number of benzene rings is 2. The van der Waals surface area contributed by atoms with Gasteiger partial charge in [-0.2, -0.15) is 0 Å². The predicted molar refractivity (Wildman–Crippen MR) is 136 cm³/mol. The van der Waals surface area contributed by atoms with Gasteiger partial charge in [0.05, 0.1) is 5.52 Å². The van der Waals surface area contributed by atoms with Crippen LogP contribution in [0.2, 0.25) is 0 Å². The number of halogens is 1. The quantitative estimate of drug-likeness (QED) is 0.377. The topological polar surface area (TPSA) is 93.3 Å². The van der Waals surface area contributed by atoms with Gasteiger partial charge in [0.15, 0.2) is 6.04 Å². The molecule has 1 fully saturated rings. The monoisotopic (exact) mass is 503 g/mol. The van der Waals surface area contributed by atoms with Crippen molar-refractivity contribution in [3.8, 4) is 0 Å². The Labute approximate surface area is 214 Å². The van der Waals surface area contributed by atoms with Gasteiger partial charge in [-0.25, -0.2) is 9.07 Å². The van der Waals surface area contributed by atoms with Crippen LogP contribution in [-0.4, -0.2) is 37.7 Å². The van der Waals surface area contributed by atoms with Crippen LogP contribution in [0.25, 0.3) is 11.0 Å². The molecule has 0 bridgehead atoms. The van der Waals surface area contributed by atoms with E-state index in [0.717, 1.165) is 37.6 Å². The summed E-state index contributed by atoms with van der Waals surface area (Å²) in [5, 5.41) is 11.5. The smallest absolute Gasteiger partial charge is 0.250 e. The number of para-hydroxylation sites is 1. The molecule has 2 heterocycles. The Morgan fingerprint density at radius 2 is 1.84 bits per heavy atom. The molecule has 2 aromatic carbocycles. The molecular weight excluding hydrogens is 473 g/mol. The van der Waals surface area contributed by atoms with Crippen LogP contribution in [0.15, 0.2) is 65.1 Å². The van der Waals surface area contributed by atoms with E-state index in [4.69, 9.17) is 4.42 Å². The second-order valence-electron chi connectivity index (χ2n) is 9.58. The van der Waals surface area contributed by atoms with Crippen LogP contribution in [0.3, 0.4) is 0 Å². The average molecular weight is 504 g/mol. The van der Waals surface area contributed by atoms with Crippen LogP contribution in [0.5, 0.6) is 0 Å². The van der Waals surface area contributed by atoms with Crippen molar-refractivity contribution in [1.82, 2.24) is 25.2 Å². The number of nitrogens with zero attached hydrogens (tertiary/aromatic N) is 4. The minimum atomic E-state index is -0.997. The maximum Gasteiger partial charge on any atom is 0.250 e. The van der Waals surface area contributed by atoms with Crippen molar-refractivity contribution in [2.45, 2.75) is 64.2 Å². The van der Waals surface area contributed by atoms with E-state index in [-0.39, 0.29) is 36.8 Å². The number of hydrogen-bond acceptors (Lipinski definition) is 5. The highest BCUT2D eigenvalue weighted by Crippen LogP contribution is 2.28. The summed E-state index contributed by atoms with van der Waals surface area (Å²) in [6, 6.07) is 15.9. The Morgan fingerprint density at radius 3 is 2.57 bits per heavy atom. The first-order chi connectivity index (χ1) is 18.0. The molecule has 2 amide bonds. The molecule has 1 atom stereocenters. The lowest BCUT2D eigenvalue weighted by atomic mass is 9.95. The number of rotatable bonds is 8. The number of hydrogen-bond donors (Lipinski definition) is 1. The van der Waals surface area contributed by atoms with Crippen molar-refractivity contribution in [2.75, 3.05) is 0 Å². The first-order valence-electron chi connectivity index (χ1n) is 12.7. The fourth-order valence-electron chi connectivity index (χ4n) is 4.91. The van der Waals surface area contributed by atoms with Gasteiger partial charge in [0, 0.05) is 12.6 Å². The zero-order valence-corrected chi connectivity index (χ0v) is 20.8. The molecule has 4 aromatic rings. The fraction of sp³-hybridized carbons (Fsp3) is 0.357. The fourth-order valence-corrected chi connectivity index (χ4v) is 4.91. The number of carbonyl (C=O) groups excluding carboxylic acids is 2. The van der Waals surface area contributed by atoms with Gasteiger partial charge < -0.3 is 14.6 Å². The molecule has 5 rings (SSSR count). The molecule has 9 heteroatoms. The maximum absolute atomic E-state index is 13.9. The first kappa shape index (κ1) is 24.7. The van der Waals surface area contributed by atoms with Crippen molar-refractivity contribution in [3.05, 3.63) is 83.6 Å². The number of carbonyl (C=O) groups is 2. The van der Waals surface area contributed by atoms with Gasteiger partial charge in [-0.15, -0.1) is 5.10 Å². The molecular formula is C28H30FN5O3. The van der Waals surface area contributed by atoms with E-state index in [2.05, 4.69) is 15.6 Å². The molecule has 192 valence electrons. The predicted octanol–water partition coefficient (Wildman–Crippen LogP) is 4.69. The van der Waals surface area contributed by atoms with Gasteiger partial charge in [-0.05, 0) is 61.7 Å². The third-order valence-corrected chi connectivity index (χ3v) is 6.83. The van der Waals surface area contributed by atoms with Crippen LogP contribution < -0.4 is 5.32 Å². The van der Waals surface area contributed by atoms with Gasteiger partial charge in [0.25, 0.3) is 5.91 Å². The molecule has 0 aliphatic heterocycles. The zero-order valence-electron chi connectivity index (χ0n) is 20.8. The summed E-state index contributed by atoms with van der Waals surface area (Å²) in [6.45, 7) is 1.77. The summed E-state index contributed by atoms with van der Waals surface area (Å²) in [5.74, 6) is 0.0218. The number of furan rings is 1. The lowest BCUT2D eigenvalue weighted by molar-refractivity contribution is -0.143. The summed E-state index contributed by atoms with van der Waals surface area (Å²) in [4.78, 5) is 29.1. The van der Waals surface area contributed by atoms with Crippen LogP contribution in [0.4, 0.5) is 4.39 Å². The highest BCUT2D eigenvalue weighted by molar-refractivity contribution is 5.89. The third-order valence-electron chi connectivity index (χ3n) is 6.83. The van der Waals surface area contributed by atoms with E-state index in [9.17, 15) is 14.0 Å². The molecule has 8 nitrogen and oxygen atoms in total. The first-order valence-corrected chi connectivity index (χ1v) is 12.7. The Balaban J connectivity index is 1.50. The summed E-state index contributed by atoms with van der Waals surface area (Å²) in [7, 11) is 0. The Morgan fingerprint density at radius 1 is 1.08 bits per heavy atom. The molecule has 1 saturated carbocycles. The maximum atomic E-state index is 13.9. The molecule has 2 aromatic heterocycles. The van der Waals surface area contributed by atoms with E-state index < -0.39 is 6.04 Å².